The molecule has 3 aromatic heterocycles. The van der Waals surface area contributed by atoms with Gasteiger partial charge in [0.1, 0.15) is 12.4 Å². The maximum atomic E-state index is 8.96. The van der Waals surface area contributed by atoms with Crippen LogP contribution in [-0.4, -0.2) is 42.4 Å². The zero-order chi connectivity index (χ0) is 36.3. The summed E-state index contributed by atoms with van der Waals surface area (Å²) in [4.78, 5) is 12.6. The first-order chi connectivity index (χ1) is 25.0. The van der Waals surface area contributed by atoms with E-state index in [4.69, 9.17) is 35.3 Å². The summed E-state index contributed by atoms with van der Waals surface area (Å²) in [6.07, 6.45) is 4.95. The van der Waals surface area contributed by atoms with E-state index >= 15 is 0 Å². The maximum Gasteiger partial charge on any atom is 0.113 e. The Balaban J connectivity index is 0.000000396. The van der Waals surface area contributed by atoms with Gasteiger partial charge in [-0.15, -0.1) is 83.4 Å². The average molecular weight is 975 g/mol. The second kappa shape index (κ2) is 25.5. The van der Waals surface area contributed by atoms with Crippen LogP contribution in [0.3, 0.4) is 0 Å². The van der Waals surface area contributed by atoms with Gasteiger partial charge in [-0.3, -0.25) is 0 Å². The molecular weight excluding hydrogens is 947 g/mol. The third-order valence-corrected chi connectivity index (χ3v) is 6.78. The molecule has 3 aromatic carbocycles. The molecule has 0 unspecified atom stereocenters. The molecule has 0 fully saturated rings. The Labute approximate surface area is 353 Å². The molecule has 0 aliphatic rings. The van der Waals surface area contributed by atoms with Crippen LogP contribution < -0.4 is 9.47 Å². The van der Waals surface area contributed by atoms with Crippen molar-refractivity contribution in [2.24, 2.45) is 0 Å². The summed E-state index contributed by atoms with van der Waals surface area (Å²) in [6, 6.07) is 43.5. The molecule has 3 heterocycles. The predicted octanol–water partition coefficient (Wildman–Crippen LogP) is 7.16. The Hall–Kier alpha value is -5.50. The standard InChI is InChI=1S/C15H13N2O2.C13H6N3.C13H9N2O.3Rh/c1-18-7-8-19-14-5-6-17-15(10-14)13-4-2-3-12(9-13)11-16;14-8-10-2-1-3-12(6-10)13-7-11(9-15)4-5-16-13;1-16-13-6-5-10(8-11(13)9-14)12-4-2-3-7-15-12;;;/h2-3,5-6,9-10H,7-8H2,1H3;1-2,4-7H;2-4,6-8H,1H3;;;/q3*-1;;;. The van der Waals surface area contributed by atoms with Gasteiger partial charge in [-0.05, 0) is 52.5 Å². The van der Waals surface area contributed by atoms with E-state index in [-0.39, 0.29) is 58.4 Å². The fraction of sp³-hybridized carbons (Fsp3) is 0.0976. The van der Waals surface area contributed by atoms with Gasteiger partial charge >= 0.3 is 0 Å². The number of hydrogen-bond acceptors (Lipinski definition) is 10. The molecule has 0 spiro atoms. The molecular formula is C41H28N7O3Rh3-3. The SMILES string of the molecule is COCCOc1ccnc(-c2[c-]ccc(C#N)c2)c1.COc1c[c-]c(-c2ccccn2)cc1C#N.N#Cc1cc[c-]c(-c2cc(C#N)ccn2)c1.[Rh].[Rh].[Rh]. The van der Waals surface area contributed by atoms with Crippen molar-refractivity contribution in [3.8, 4) is 69.5 Å². The molecule has 6 rings (SSSR count). The normalized spacial score (nSPS) is 9.00. The molecule has 0 N–H and O–H groups in total. The van der Waals surface area contributed by atoms with Crippen molar-refractivity contribution in [3.63, 3.8) is 0 Å². The first kappa shape index (κ1) is 46.5. The Morgan fingerprint density at radius 1 is 0.574 bits per heavy atom. The molecule has 13 heteroatoms. The van der Waals surface area contributed by atoms with E-state index in [1.165, 1.54) is 7.11 Å². The van der Waals surface area contributed by atoms with E-state index in [9.17, 15) is 0 Å². The maximum absolute atomic E-state index is 8.96. The van der Waals surface area contributed by atoms with Crippen LogP contribution in [0.2, 0.25) is 0 Å². The quantitative estimate of drug-likeness (QED) is 0.0870. The van der Waals surface area contributed by atoms with Gasteiger partial charge in [-0.1, -0.05) is 18.2 Å². The van der Waals surface area contributed by atoms with Gasteiger partial charge in [-0.25, -0.2) is 0 Å². The first-order valence-corrected chi connectivity index (χ1v) is 15.2. The van der Waals surface area contributed by atoms with Crippen molar-refractivity contribution in [1.82, 2.24) is 15.0 Å². The number of pyridine rings is 3. The van der Waals surface area contributed by atoms with Crippen LogP contribution in [0.1, 0.15) is 22.3 Å². The molecule has 0 atom stereocenters. The van der Waals surface area contributed by atoms with Crippen molar-refractivity contribution >= 4 is 0 Å². The van der Waals surface area contributed by atoms with Crippen molar-refractivity contribution in [1.29, 1.82) is 21.0 Å². The van der Waals surface area contributed by atoms with E-state index in [1.807, 2.05) is 30.3 Å². The first-order valence-electron chi connectivity index (χ1n) is 15.2. The number of methoxy groups -OCH3 is 2. The summed E-state index contributed by atoms with van der Waals surface area (Å²) < 4.78 is 15.5. The molecule has 275 valence electrons. The summed E-state index contributed by atoms with van der Waals surface area (Å²) >= 11 is 0. The van der Waals surface area contributed by atoms with Gasteiger partial charge in [0.25, 0.3) is 0 Å². The molecule has 0 aliphatic heterocycles. The zero-order valence-corrected chi connectivity index (χ0v) is 33.6. The number of nitriles is 4. The smallest absolute Gasteiger partial charge is 0.113 e. The summed E-state index contributed by atoms with van der Waals surface area (Å²) in [7, 11) is 3.16. The van der Waals surface area contributed by atoms with Crippen LogP contribution in [0.5, 0.6) is 11.5 Å². The number of hydrogen-bond donors (Lipinski definition) is 0. The van der Waals surface area contributed by atoms with Crippen molar-refractivity contribution in [3.05, 3.63) is 150 Å². The number of benzene rings is 3. The molecule has 6 aromatic rings. The Morgan fingerprint density at radius 2 is 1.15 bits per heavy atom. The van der Waals surface area contributed by atoms with Crippen molar-refractivity contribution < 1.29 is 72.6 Å². The largest absolute Gasteiger partial charge is 0.539 e. The number of rotatable bonds is 8. The topological polar surface area (TPSA) is 162 Å². The van der Waals surface area contributed by atoms with E-state index in [0.717, 1.165) is 33.8 Å². The number of aromatic nitrogens is 3. The summed E-state index contributed by atoms with van der Waals surface area (Å²) in [5.74, 6) is 1.25. The van der Waals surface area contributed by atoms with Crippen molar-refractivity contribution in [2.45, 2.75) is 0 Å². The molecule has 0 bridgehead atoms. The van der Waals surface area contributed by atoms with Crippen LogP contribution in [-0.2, 0) is 63.2 Å². The van der Waals surface area contributed by atoms with Gasteiger partial charge in [0.15, 0.2) is 0 Å². The van der Waals surface area contributed by atoms with Gasteiger partial charge in [0.2, 0.25) is 0 Å². The van der Waals surface area contributed by atoms with Crippen LogP contribution >= 0.6 is 0 Å². The van der Waals surface area contributed by atoms with Crippen LogP contribution in [0.15, 0.2) is 110 Å². The Kier molecular flexibility index (Phi) is 21.9. The van der Waals surface area contributed by atoms with Crippen LogP contribution in [0.25, 0.3) is 33.8 Å². The number of nitrogens with zero attached hydrogens (tertiary/aromatic N) is 7. The summed E-state index contributed by atoms with van der Waals surface area (Å²) in [5, 5.41) is 35.4. The van der Waals surface area contributed by atoms with Crippen LogP contribution in [0, 0.1) is 63.5 Å². The average Bonchev–Trinajstić information content (AvgIpc) is 3.21. The summed E-state index contributed by atoms with van der Waals surface area (Å²) in [6.45, 7) is 1.02. The minimum Gasteiger partial charge on any atom is -0.539 e. The second-order valence-electron chi connectivity index (χ2n) is 10.1. The Morgan fingerprint density at radius 3 is 1.70 bits per heavy atom. The van der Waals surface area contributed by atoms with Crippen molar-refractivity contribution in [2.75, 3.05) is 27.4 Å². The molecule has 0 amide bonds. The van der Waals surface area contributed by atoms with Gasteiger partial charge in [0, 0.05) is 95.3 Å². The fourth-order valence-electron chi connectivity index (χ4n) is 4.31. The minimum atomic E-state index is 0. The van der Waals surface area contributed by atoms with E-state index < -0.39 is 0 Å². The Bertz CT molecular complexity index is 2190. The number of ether oxygens (including phenoxy) is 3. The predicted molar refractivity (Wildman–Crippen MR) is 188 cm³/mol. The van der Waals surface area contributed by atoms with Crippen LogP contribution in [0.4, 0.5) is 0 Å². The monoisotopic (exact) mass is 975 g/mol. The fourth-order valence-corrected chi connectivity index (χ4v) is 4.31. The third-order valence-electron chi connectivity index (χ3n) is 6.78. The second-order valence-corrected chi connectivity index (χ2v) is 10.1. The minimum absolute atomic E-state index is 0. The van der Waals surface area contributed by atoms with Gasteiger partial charge < -0.3 is 29.2 Å². The molecule has 0 saturated heterocycles. The van der Waals surface area contributed by atoms with E-state index in [0.29, 0.717) is 46.9 Å². The molecule has 54 heavy (non-hydrogen) atoms. The summed E-state index contributed by atoms with van der Waals surface area (Å²) in [5.41, 5.74) is 6.62. The zero-order valence-electron chi connectivity index (χ0n) is 28.7. The third kappa shape index (κ3) is 14.1. The van der Waals surface area contributed by atoms with Gasteiger partial charge in [0.05, 0.1) is 43.7 Å². The van der Waals surface area contributed by atoms with E-state index in [2.05, 4.69) is 51.4 Å². The molecule has 0 saturated carbocycles. The molecule has 10 nitrogen and oxygen atoms in total. The van der Waals surface area contributed by atoms with E-state index in [1.54, 1.807) is 92.4 Å². The molecule has 3 radical (unpaired) electrons. The van der Waals surface area contributed by atoms with Gasteiger partial charge in [-0.2, -0.15) is 21.0 Å². The molecule has 0 aliphatic carbocycles.